The average molecular weight is 461 g/mol. The molecule has 0 bridgehead atoms. The number of aliphatic hydroxyl groups excluding tert-OH is 3. The normalized spacial score (nSPS) is 22.6. The third-order valence-electron chi connectivity index (χ3n) is 5.64. The molecule has 5 rings (SSSR count). The van der Waals surface area contributed by atoms with Crippen molar-refractivity contribution in [3.63, 3.8) is 0 Å². The second kappa shape index (κ2) is 9.15. The van der Waals surface area contributed by atoms with Gasteiger partial charge < -0.3 is 25.8 Å². The number of imidazole rings is 1. The van der Waals surface area contributed by atoms with Crippen LogP contribution in [0, 0.1) is 0 Å². The van der Waals surface area contributed by atoms with Gasteiger partial charge in [0.25, 0.3) is 0 Å². The zero-order valence-corrected chi connectivity index (χ0v) is 17.9. The van der Waals surface area contributed by atoms with Crippen LogP contribution in [0.15, 0.2) is 66.0 Å². The molecule has 0 radical (unpaired) electrons. The number of nitrogens with zero attached hydrogens (tertiary/aromatic N) is 5. The largest absolute Gasteiger partial charge is 0.394 e. The number of hydrazone groups is 1. The first-order chi connectivity index (χ1) is 16.5. The van der Waals surface area contributed by atoms with Crippen molar-refractivity contribution < 1.29 is 20.1 Å². The van der Waals surface area contributed by atoms with Gasteiger partial charge in [0.05, 0.1) is 19.1 Å². The van der Waals surface area contributed by atoms with Crippen LogP contribution in [0.1, 0.15) is 11.8 Å². The number of anilines is 2. The molecule has 4 aromatic rings. The molecule has 174 valence electrons. The fourth-order valence-corrected chi connectivity index (χ4v) is 3.84. The third-order valence-corrected chi connectivity index (χ3v) is 5.64. The summed E-state index contributed by atoms with van der Waals surface area (Å²) < 4.78 is 7.01. The number of aromatic nitrogens is 4. The number of hydrogen-bond donors (Lipinski definition) is 5. The number of ether oxygens (including phenoxy) is 1. The third kappa shape index (κ3) is 4.08. The van der Waals surface area contributed by atoms with Gasteiger partial charge in [-0.15, -0.1) is 0 Å². The van der Waals surface area contributed by atoms with Gasteiger partial charge in [-0.1, -0.05) is 54.6 Å². The first-order valence-electron chi connectivity index (χ1n) is 10.6. The molecule has 0 aliphatic carbocycles. The highest BCUT2D eigenvalue weighted by Gasteiger charge is 2.44. The Hall–Kier alpha value is -3.90. The van der Waals surface area contributed by atoms with E-state index in [2.05, 4.69) is 25.5 Å². The predicted octanol–water partition coefficient (Wildman–Crippen LogP) is 1.13. The molecule has 1 fully saturated rings. The van der Waals surface area contributed by atoms with Crippen molar-refractivity contribution in [2.75, 3.05) is 17.8 Å². The van der Waals surface area contributed by atoms with Crippen LogP contribution in [0.25, 0.3) is 22.3 Å². The van der Waals surface area contributed by atoms with E-state index in [-0.39, 0.29) is 17.4 Å². The molecule has 1 aliphatic heterocycles. The summed E-state index contributed by atoms with van der Waals surface area (Å²) in [4.78, 5) is 12.7. The first kappa shape index (κ1) is 21.9. The van der Waals surface area contributed by atoms with Crippen molar-refractivity contribution >= 4 is 29.1 Å². The van der Waals surface area contributed by atoms with Crippen LogP contribution in [-0.2, 0) is 4.74 Å². The highest BCUT2D eigenvalue weighted by atomic mass is 16.6. The van der Waals surface area contributed by atoms with E-state index < -0.39 is 31.1 Å². The first-order valence-corrected chi connectivity index (χ1v) is 10.6. The van der Waals surface area contributed by atoms with E-state index in [0.717, 1.165) is 16.7 Å². The molecule has 2 aromatic carbocycles. The Morgan fingerprint density at radius 1 is 1.03 bits per heavy atom. The molecule has 11 heteroatoms. The summed E-state index contributed by atoms with van der Waals surface area (Å²) in [6.07, 6.45) is -1.43. The number of nitrogen functional groups attached to an aromatic ring is 1. The molecule has 6 N–H and O–H groups in total. The molecule has 4 atom stereocenters. The Kier molecular flexibility index (Phi) is 5.90. The van der Waals surface area contributed by atoms with Crippen molar-refractivity contribution in [1.29, 1.82) is 0 Å². The molecule has 2 aromatic heterocycles. The molecule has 0 spiro atoms. The minimum absolute atomic E-state index is 0.111. The maximum Gasteiger partial charge on any atom is 0.247 e. The quantitative estimate of drug-likeness (QED) is 0.209. The van der Waals surface area contributed by atoms with Crippen molar-refractivity contribution in [2.24, 2.45) is 5.10 Å². The van der Waals surface area contributed by atoms with Crippen LogP contribution in [0.4, 0.5) is 11.8 Å². The number of rotatable bonds is 6. The van der Waals surface area contributed by atoms with Gasteiger partial charge in [-0.2, -0.15) is 15.1 Å². The standard InChI is InChI=1S/C23H23N7O4/c24-20-17-21(30(12-25-17)22-19(33)18(32)16(11-31)34-22)28-23(27-20)29-26-10-13-6-8-15(9-7-13)14-4-2-1-3-5-14/h1-10,12,16,18-19,22,31-33H,11H2,(H3,24,27,28,29)/t16-,18-,19-,22-/m1/s1. The molecule has 11 nitrogen and oxygen atoms in total. The summed E-state index contributed by atoms with van der Waals surface area (Å²) >= 11 is 0. The monoisotopic (exact) mass is 461 g/mol. The highest BCUT2D eigenvalue weighted by Crippen LogP contribution is 2.32. The lowest BCUT2D eigenvalue weighted by atomic mass is 10.0. The molecule has 3 heterocycles. The van der Waals surface area contributed by atoms with Crippen LogP contribution in [0.2, 0.25) is 0 Å². The van der Waals surface area contributed by atoms with Gasteiger partial charge in [0.1, 0.15) is 23.8 Å². The van der Waals surface area contributed by atoms with Crippen LogP contribution in [-0.4, -0.2) is 66.0 Å². The maximum atomic E-state index is 10.3. The van der Waals surface area contributed by atoms with Crippen LogP contribution < -0.4 is 11.2 Å². The summed E-state index contributed by atoms with van der Waals surface area (Å²) in [6, 6.07) is 18.0. The Balaban J connectivity index is 1.34. The number of benzene rings is 2. The maximum absolute atomic E-state index is 10.3. The van der Waals surface area contributed by atoms with E-state index in [4.69, 9.17) is 10.5 Å². The van der Waals surface area contributed by atoms with Gasteiger partial charge in [-0.05, 0) is 16.7 Å². The van der Waals surface area contributed by atoms with Crippen molar-refractivity contribution in [3.05, 3.63) is 66.5 Å². The lowest BCUT2D eigenvalue weighted by Gasteiger charge is -2.16. The van der Waals surface area contributed by atoms with Crippen LogP contribution in [0.5, 0.6) is 0 Å². The van der Waals surface area contributed by atoms with Gasteiger partial charge in [0.15, 0.2) is 17.7 Å². The molecular weight excluding hydrogens is 438 g/mol. The smallest absolute Gasteiger partial charge is 0.247 e. The Labute approximate surface area is 194 Å². The molecule has 34 heavy (non-hydrogen) atoms. The summed E-state index contributed by atoms with van der Waals surface area (Å²) in [6.45, 7) is -0.438. The number of fused-ring (bicyclic) bond motifs is 1. The Bertz CT molecular complexity index is 1310. The average Bonchev–Trinajstić information content (AvgIpc) is 3.41. The van der Waals surface area contributed by atoms with Gasteiger partial charge in [0.2, 0.25) is 5.95 Å². The Morgan fingerprint density at radius 3 is 2.47 bits per heavy atom. The predicted molar refractivity (Wildman–Crippen MR) is 126 cm³/mol. The molecule has 0 unspecified atom stereocenters. The zero-order valence-electron chi connectivity index (χ0n) is 17.9. The second-order valence-electron chi connectivity index (χ2n) is 7.84. The van der Waals surface area contributed by atoms with E-state index in [1.807, 2.05) is 54.6 Å². The van der Waals surface area contributed by atoms with Crippen molar-refractivity contribution in [2.45, 2.75) is 24.5 Å². The zero-order chi connectivity index (χ0) is 23.7. The fourth-order valence-electron chi connectivity index (χ4n) is 3.84. The minimum Gasteiger partial charge on any atom is -0.394 e. The lowest BCUT2D eigenvalue weighted by Crippen LogP contribution is -2.33. The van der Waals surface area contributed by atoms with Crippen molar-refractivity contribution in [1.82, 2.24) is 19.5 Å². The van der Waals surface area contributed by atoms with E-state index in [0.29, 0.717) is 5.52 Å². The van der Waals surface area contributed by atoms with Crippen LogP contribution in [0.3, 0.4) is 0 Å². The number of aliphatic hydroxyl groups is 3. The topological polar surface area (TPSA) is 164 Å². The Morgan fingerprint density at radius 2 is 1.76 bits per heavy atom. The minimum atomic E-state index is -1.28. The van der Waals surface area contributed by atoms with E-state index in [9.17, 15) is 15.3 Å². The summed E-state index contributed by atoms with van der Waals surface area (Å²) in [7, 11) is 0. The molecule has 1 aliphatic rings. The molecular formula is C23H23N7O4. The van der Waals surface area contributed by atoms with Gasteiger partial charge in [-0.3, -0.25) is 4.57 Å². The van der Waals surface area contributed by atoms with E-state index >= 15 is 0 Å². The number of nitrogens with one attached hydrogen (secondary N) is 1. The van der Waals surface area contributed by atoms with Crippen molar-refractivity contribution in [3.8, 4) is 11.1 Å². The summed E-state index contributed by atoms with van der Waals surface area (Å²) in [5.41, 5.74) is 12.5. The summed E-state index contributed by atoms with van der Waals surface area (Å²) in [5, 5.41) is 33.9. The SMILES string of the molecule is Nc1nc(NN=Cc2ccc(-c3ccccc3)cc2)nc2c1ncn2[C@@H]1O[C@H](CO)[C@@H](O)[C@H]1O. The van der Waals surface area contributed by atoms with Gasteiger partial charge >= 0.3 is 0 Å². The van der Waals surface area contributed by atoms with Gasteiger partial charge in [-0.25, -0.2) is 10.4 Å². The lowest BCUT2D eigenvalue weighted by molar-refractivity contribution is -0.0511. The fraction of sp³-hybridized carbons (Fsp3) is 0.217. The molecule has 1 saturated heterocycles. The van der Waals surface area contributed by atoms with Crippen LogP contribution >= 0.6 is 0 Å². The number of hydrogen-bond acceptors (Lipinski definition) is 10. The molecule has 0 amide bonds. The van der Waals surface area contributed by atoms with E-state index in [1.54, 1.807) is 6.21 Å². The van der Waals surface area contributed by atoms with E-state index in [1.165, 1.54) is 10.9 Å². The van der Waals surface area contributed by atoms with Gasteiger partial charge in [0, 0.05) is 0 Å². The summed E-state index contributed by atoms with van der Waals surface area (Å²) in [5.74, 6) is 0.232. The second-order valence-corrected chi connectivity index (χ2v) is 7.84. The highest BCUT2D eigenvalue weighted by molar-refractivity contribution is 5.84. The molecule has 0 saturated carbocycles. The number of nitrogens with two attached hydrogens (primary N) is 1.